The van der Waals surface area contributed by atoms with Crippen LogP contribution in [0.15, 0.2) is 71.6 Å². The molecular formula is C23H23FN2O5S2. The van der Waals surface area contributed by atoms with Gasteiger partial charge in [-0.25, -0.2) is 21.2 Å². The van der Waals surface area contributed by atoms with Crippen molar-refractivity contribution in [2.24, 2.45) is 0 Å². The van der Waals surface area contributed by atoms with Crippen molar-refractivity contribution in [3.8, 4) is 5.75 Å². The van der Waals surface area contributed by atoms with E-state index in [1.165, 1.54) is 47.8 Å². The Balaban J connectivity index is 1.52. The van der Waals surface area contributed by atoms with E-state index < -0.39 is 25.9 Å². The lowest BCUT2D eigenvalue weighted by molar-refractivity contribution is 0.391. The van der Waals surface area contributed by atoms with Gasteiger partial charge >= 0.3 is 0 Å². The number of rotatable bonds is 7. The number of benzene rings is 3. The number of hydrogen-bond donors (Lipinski definition) is 1. The molecule has 0 atom stereocenters. The van der Waals surface area contributed by atoms with Gasteiger partial charge in [-0.2, -0.15) is 4.31 Å². The predicted octanol–water partition coefficient (Wildman–Crippen LogP) is 3.52. The van der Waals surface area contributed by atoms with E-state index in [4.69, 9.17) is 4.74 Å². The van der Waals surface area contributed by atoms with Crippen molar-refractivity contribution in [2.75, 3.05) is 18.4 Å². The van der Waals surface area contributed by atoms with Crippen molar-refractivity contribution >= 4 is 25.7 Å². The second-order valence-corrected chi connectivity index (χ2v) is 11.4. The minimum absolute atomic E-state index is 0.128. The number of halogens is 1. The minimum Gasteiger partial charge on any atom is -0.497 e. The van der Waals surface area contributed by atoms with Crippen LogP contribution in [0.4, 0.5) is 10.1 Å². The monoisotopic (exact) mass is 490 g/mol. The van der Waals surface area contributed by atoms with Crippen LogP contribution in [0.5, 0.6) is 5.75 Å². The van der Waals surface area contributed by atoms with Crippen molar-refractivity contribution in [3.05, 3.63) is 89.2 Å². The topological polar surface area (TPSA) is 92.8 Å². The summed E-state index contributed by atoms with van der Waals surface area (Å²) >= 11 is 0. The van der Waals surface area contributed by atoms with Crippen LogP contribution in [0.2, 0.25) is 0 Å². The van der Waals surface area contributed by atoms with Gasteiger partial charge in [-0.3, -0.25) is 4.72 Å². The predicted molar refractivity (Wildman–Crippen MR) is 123 cm³/mol. The molecule has 0 aromatic heterocycles. The SMILES string of the molecule is COc1ccc(S(=O)(=O)N2CCc3ccc(NS(=O)(=O)Cc4cccc(F)c4)cc3C2)cc1. The van der Waals surface area contributed by atoms with Crippen LogP contribution in [0, 0.1) is 5.82 Å². The second-order valence-electron chi connectivity index (χ2n) is 7.74. The first kappa shape index (κ1) is 23.2. The molecule has 1 heterocycles. The summed E-state index contributed by atoms with van der Waals surface area (Å²) in [6.07, 6.45) is 0.515. The Morgan fingerprint density at radius 1 is 0.970 bits per heavy atom. The maximum Gasteiger partial charge on any atom is 0.243 e. The van der Waals surface area contributed by atoms with E-state index in [0.717, 1.165) is 11.1 Å². The van der Waals surface area contributed by atoms with Gasteiger partial charge in [0.05, 0.1) is 17.8 Å². The van der Waals surface area contributed by atoms with Gasteiger partial charge in [0, 0.05) is 18.8 Å². The van der Waals surface area contributed by atoms with Gasteiger partial charge in [0.1, 0.15) is 11.6 Å². The molecule has 1 aliphatic rings. The highest BCUT2D eigenvalue weighted by atomic mass is 32.2. The molecule has 0 bridgehead atoms. The van der Waals surface area contributed by atoms with Crippen molar-refractivity contribution in [3.63, 3.8) is 0 Å². The number of nitrogens with one attached hydrogen (secondary N) is 1. The van der Waals surface area contributed by atoms with Crippen LogP contribution in [0.3, 0.4) is 0 Å². The first-order valence-corrected chi connectivity index (χ1v) is 13.3. The van der Waals surface area contributed by atoms with Gasteiger partial charge in [-0.1, -0.05) is 18.2 Å². The molecule has 0 saturated heterocycles. The maximum absolute atomic E-state index is 13.4. The van der Waals surface area contributed by atoms with Crippen LogP contribution < -0.4 is 9.46 Å². The lowest BCUT2D eigenvalue weighted by Crippen LogP contribution is -2.36. The Labute approximate surface area is 192 Å². The number of hydrogen-bond acceptors (Lipinski definition) is 5. The number of ether oxygens (including phenoxy) is 1. The highest BCUT2D eigenvalue weighted by Gasteiger charge is 2.28. The van der Waals surface area contributed by atoms with E-state index in [0.29, 0.717) is 30.0 Å². The lowest BCUT2D eigenvalue weighted by atomic mass is 10.0. The summed E-state index contributed by atoms with van der Waals surface area (Å²) in [7, 11) is -5.99. The molecule has 1 N–H and O–H groups in total. The molecule has 0 unspecified atom stereocenters. The number of sulfonamides is 2. The Bertz CT molecular complexity index is 1370. The van der Waals surface area contributed by atoms with E-state index >= 15 is 0 Å². The third-order valence-electron chi connectivity index (χ3n) is 5.40. The molecule has 0 spiro atoms. The van der Waals surface area contributed by atoms with E-state index in [1.54, 1.807) is 30.3 Å². The van der Waals surface area contributed by atoms with Crippen LogP contribution in [0.25, 0.3) is 0 Å². The summed E-state index contributed by atoms with van der Waals surface area (Å²) in [4.78, 5) is 0.165. The fourth-order valence-electron chi connectivity index (χ4n) is 3.76. The van der Waals surface area contributed by atoms with Crippen LogP contribution in [0.1, 0.15) is 16.7 Å². The van der Waals surface area contributed by atoms with E-state index in [9.17, 15) is 21.2 Å². The molecule has 0 aliphatic carbocycles. The molecule has 0 saturated carbocycles. The average Bonchev–Trinajstić information content (AvgIpc) is 2.78. The van der Waals surface area contributed by atoms with Gasteiger partial charge in [-0.05, 0) is 71.6 Å². The number of anilines is 1. The van der Waals surface area contributed by atoms with Gasteiger partial charge in [0.15, 0.2) is 0 Å². The molecule has 174 valence electrons. The normalized spacial score (nSPS) is 14.5. The summed E-state index contributed by atoms with van der Waals surface area (Å²) in [5.74, 6) is -0.317. The van der Waals surface area contributed by atoms with E-state index in [1.807, 2.05) is 0 Å². The third kappa shape index (κ3) is 5.35. The molecule has 0 fully saturated rings. The minimum atomic E-state index is -3.78. The zero-order chi connectivity index (χ0) is 23.6. The zero-order valence-corrected chi connectivity index (χ0v) is 19.5. The zero-order valence-electron chi connectivity index (χ0n) is 17.9. The molecule has 3 aromatic carbocycles. The number of fused-ring (bicyclic) bond motifs is 1. The molecule has 3 aromatic rings. The standard InChI is InChI=1S/C23H23FN2O5S2/c1-31-22-7-9-23(10-8-22)33(29,30)26-12-11-18-5-6-21(14-19(18)15-26)25-32(27,28)16-17-3-2-4-20(24)13-17/h2-10,13-14,25H,11-12,15-16H2,1H3. The molecule has 33 heavy (non-hydrogen) atoms. The molecule has 0 radical (unpaired) electrons. The first-order chi connectivity index (χ1) is 15.7. The summed E-state index contributed by atoms with van der Waals surface area (Å²) in [5.41, 5.74) is 2.35. The summed E-state index contributed by atoms with van der Waals surface area (Å²) in [5, 5.41) is 0. The fourth-order valence-corrected chi connectivity index (χ4v) is 6.35. The molecule has 0 amide bonds. The van der Waals surface area contributed by atoms with Crippen molar-refractivity contribution < 1.29 is 26.0 Å². The molecule has 10 heteroatoms. The Kier molecular flexibility index (Phi) is 6.42. The van der Waals surface area contributed by atoms with Gasteiger partial charge in [-0.15, -0.1) is 0 Å². The average molecular weight is 491 g/mol. The Morgan fingerprint density at radius 2 is 1.73 bits per heavy atom. The van der Waals surface area contributed by atoms with Gasteiger partial charge in [0.25, 0.3) is 0 Å². The number of nitrogens with zero attached hydrogens (tertiary/aromatic N) is 1. The van der Waals surface area contributed by atoms with Crippen molar-refractivity contribution in [1.82, 2.24) is 4.31 Å². The van der Waals surface area contributed by atoms with Crippen LogP contribution in [-0.2, 0) is 38.8 Å². The third-order valence-corrected chi connectivity index (χ3v) is 8.52. The first-order valence-electron chi connectivity index (χ1n) is 10.2. The smallest absolute Gasteiger partial charge is 0.243 e. The second kappa shape index (κ2) is 9.12. The van der Waals surface area contributed by atoms with Gasteiger partial charge < -0.3 is 4.74 Å². The molecular weight excluding hydrogens is 467 g/mol. The highest BCUT2D eigenvalue weighted by Crippen LogP contribution is 2.28. The number of methoxy groups -OCH3 is 1. The van der Waals surface area contributed by atoms with E-state index in [2.05, 4.69) is 4.72 Å². The fraction of sp³-hybridized carbons (Fsp3) is 0.217. The lowest BCUT2D eigenvalue weighted by Gasteiger charge is -2.28. The molecule has 4 rings (SSSR count). The maximum atomic E-state index is 13.4. The van der Waals surface area contributed by atoms with Crippen molar-refractivity contribution in [1.29, 1.82) is 0 Å². The Morgan fingerprint density at radius 3 is 2.42 bits per heavy atom. The largest absolute Gasteiger partial charge is 0.497 e. The summed E-state index contributed by atoms with van der Waals surface area (Å²) in [6, 6.07) is 16.7. The highest BCUT2D eigenvalue weighted by molar-refractivity contribution is 7.91. The molecule has 7 nitrogen and oxygen atoms in total. The van der Waals surface area contributed by atoms with Gasteiger partial charge in [0.2, 0.25) is 20.0 Å². The summed E-state index contributed by atoms with van der Waals surface area (Å²) in [6.45, 7) is 0.454. The van der Waals surface area contributed by atoms with E-state index in [-0.39, 0.29) is 17.2 Å². The molecule has 1 aliphatic heterocycles. The van der Waals surface area contributed by atoms with Crippen LogP contribution >= 0.6 is 0 Å². The summed E-state index contributed by atoms with van der Waals surface area (Å²) < 4.78 is 73.6. The van der Waals surface area contributed by atoms with Crippen LogP contribution in [-0.4, -0.2) is 34.8 Å². The van der Waals surface area contributed by atoms with Crippen molar-refractivity contribution in [2.45, 2.75) is 23.6 Å². The quantitative estimate of drug-likeness (QED) is 0.547. The Hall–Kier alpha value is -2.95.